The Balaban J connectivity index is 1.75. The zero-order valence-electron chi connectivity index (χ0n) is 20.3. The van der Waals surface area contributed by atoms with Gasteiger partial charge in [0.25, 0.3) is 10.0 Å². The second-order valence-corrected chi connectivity index (χ2v) is 10.6. The van der Waals surface area contributed by atoms with Gasteiger partial charge in [0.2, 0.25) is 17.7 Å². The van der Waals surface area contributed by atoms with Crippen molar-refractivity contribution < 1.29 is 22.8 Å². The third-order valence-electron chi connectivity index (χ3n) is 5.74. The Bertz CT molecular complexity index is 1360. The molecule has 3 aromatic carbocycles. The van der Waals surface area contributed by atoms with Gasteiger partial charge in [0.05, 0.1) is 10.8 Å². The number of thiol groups is 1. The number of hydrogen-bond acceptors (Lipinski definition) is 6. The Morgan fingerprint density at radius 3 is 2.05 bits per heavy atom. The van der Waals surface area contributed by atoms with Gasteiger partial charge in [-0.1, -0.05) is 72.8 Å². The third-order valence-corrected chi connectivity index (χ3v) is 7.67. The monoisotopic (exact) mass is 539 g/mol. The average Bonchev–Trinajstić information content (AvgIpc) is 2.87. The number of carbonyl (C=O) groups excluding carboxylic acids is 3. The zero-order valence-corrected chi connectivity index (χ0v) is 22.0. The summed E-state index contributed by atoms with van der Waals surface area (Å²) in [6.07, 6.45) is 0.648. The van der Waals surface area contributed by atoms with Gasteiger partial charge in [-0.25, -0.2) is 13.1 Å². The number of rotatable bonds is 11. The Morgan fingerprint density at radius 2 is 1.46 bits per heavy atom. The summed E-state index contributed by atoms with van der Waals surface area (Å²) >= 11 is 4.31. The molecule has 194 valence electrons. The Hall–Kier alpha value is -3.63. The van der Waals surface area contributed by atoms with Crippen LogP contribution in [-0.2, 0) is 37.2 Å². The van der Waals surface area contributed by atoms with Gasteiger partial charge in [-0.2, -0.15) is 12.6 Å². The topological polar surface area (TPSA) is 135 Å². The van der Waals surface area contributed by atoms with Gasteiger partial charge in [-0.3, -0.25) is 14.4 Å². The lowest BCUT2D eigenvalue weighted by molar-refractivity contribution is -0.129. The van der Waals surface area contributed by atoms with Crippen molar-refractivity contribution in [3.05, 3.63) is 90.0 Å². The normalized spacial score (nSPS) is 12.8. The zero-order chi connectivity index (χ0) is 27.0. The summed E-state index contributed by atoms with van der Waals surface area (Å²) in [4.78, 5) is 36.3. The molecule has 4 N–H and O–H groups in total. The number of carbonyl (C=O) groups is 3. The number of nitrogens with one attached hydrogen (secondary N) is 2. The molecular weight excluding hydrogens is 510 g/mol. The van der Waals surface area contributed by atoms with Gasteiger partial charge < -0.3 is 11.1 Å². The second kappa shape index (κ2) is 12.6. The van der Waals surface area contributed by atoms with Crippen molar-refractivity contribution in [2.45, 2.75) is 30.7 Å². The first kappa shape index (κ1) is 27.9. The molecule has 0 fully saturated rings. The molecule has 0 aliphatic carbocycles. The molecule has 0 heterocycles. The Kier molecular flexibility index (Phi) is 9.48. The number of amides is 3. The fourth-order valence-electron chi connectivity index (χ4n) is 3.89. The highest BCUT2D eigenvalue weighted by Crippen LogP contribution is 2.27. The minimum absolute atomic E-state index is 0.0311. The lowest BCUT2D eigenvalue weighted by Crippen LogP contribution is -2.48. The molecule has 0 saturated heterocycles. The summed E-state index contributed by atoms with van der Waals surface area (Å²) in [6.45, 7) is 1.13. The van der Waals surface area contributed by atoms with Gasteiger partial charge in [0.15, 0.2) is 0 Å². The summed E-state index contributed by atoms with van der Waals surface area (Å²) in [7, 11) is -4.04. The number of nitrogens with two attached hydrogens (primary N) is 1. The van der Waals surface area contributed by atoms with E-state index < -0.39 is 33.8 Å². The molecule has 0 aliphatic rings. The van der Waals surface area contributed by atoms with E-state index in [0.29, 0.717) is 23.3 Å². The van der Waals surface area contributed by atoms with Gasteiger partial charge in [0.1, 0.15) is 6.04 Å². The molecule has 3 rings (SSSR count). The first-order valence-corrected chi connectivity index (χ1v) is 13.7. The minimum Gasteiger partial charge on any atom is -0.368 e. The Morgan fingerprint density at radius 1 is 0.865 bits per heavy atom. The molecule has 8 nitrogen and oxygen atoms in total. The van der Waals surface area contributed by atoms with Crippen LogP contribution in [0.2, 0.25) is 0 Å². The molecule has 0 bridgehead atoms. The van der Waals surface area contributed by atoms with Crippen LogP contribution in [0.3, 0.4) is 0 Å². The molecule has 37 heavy (non-hydrogen) atoms. The third kappa shape index (κ3) is 7.68. The van der Waals surface area contributed by atoms with Gasteiger partial charge in [-0.05, 0) is 29.2 Å². The van der Waals surface area contributed by atoms with E-state index in [2.05, 4.69) is 17.9 Å². The van der Waals surface area contributed by atoms with Crippen LogP contribution in [0.1, 0.15) is 18.1 Å². The molecule has 3 aromatic rings. The van der Waals surface area contributed by atoms with E-state index in [9.17, 15) is 22.8 Å². The van der Waals surface area contributed by atoms with E-state index in [0.717, 1.165) is 18.1 Å². The second-order valence-electron chi connectivity index (χ2n) is 8.59. The van der Waals surface area contributed by atoms with Crippen molar-refractivity contribution in [3.8, 4) is 11.1 Å². The molecule has 0 saturated carbocycles. The van der Waals surface area contributed by atoms with Gasteiger partial charge in [0, 0.05) is 24.7 Å². The highest BCUT2D eigenvalue weighted by atomic mass is 32.2. The lowest BCUT2D eigenvalue weighted by Gasteiger charge is -2.20. The predicted molar refractivity (Wildman–Crippen MR) is 145 cm³/mol. The van der Waals surface area contributed by atoms with Crippen molar-refractivity contribution in [1.29, 1.82) is 0 Å². The predicted octanol–water partition coefficient (Wildman–Crippen LogP) is 2.48. The highest BCUT2D eigenvalue weighted by molar-refractivity contribution is 7.90. The maximum Gasteiger partial charge on any atom is 0.264 e. The maximum atomic E-state index is 12.9. The molecule has 1 unspecified atom stereocenters. The van der Waals surface area contributed by atoms with E-state index >= 15 is 0 Å². The van der Waals surface area contributed by atoms with Crippen molar-refractivity contribution >= 4 is 40.4 Å². The molecular formula is C27H29N3O5S2. The van der Waals surface area contributed by atoms with E-state index in [1.165, 1.54) is 6.07 Å². The van der Waals surface area contributed by atoms with Crippen LogP contribution in [-0.4, -0.2) is 37.9 Å². The van der Waals surface area contributed by atoms with Crippen molar-refractivity contribution in [1.82, 2.24) is 10.0 Å². The van der Waals surface area contributed by atoms with Gasteiger partial charge in [-0.15, -0.1) is 0 Å². The summed E-state index contributed by atoms with van der Waals surface area (Å²) in [5, 5.41) is 2.75. The molecule has 0 aliphatic heterocycles. The van der Waals surface area contributed by atoms with Crippen LogP contribution in [0.4, 0.5) is 0 Å². The van der Waals surface area contributed by atoms with Crippen LogP contribution in [0.25, 0.3) is 11.1 Å². The summed E-state index contributed by atoms with van der Waals surface area (Å²) in [5.41, 5.74) is 8.31. The minimum atomic E-state index is -4.04. The van der Waals surface area contributed by atoms with Gasteiger partial charge >= 0.3 is 0 Å². The van der Waals surface area contributed by atoms with E-state index in [4.69, 9.17) is 5.73 Å². The van der Waals surface area contributed by atoms with Crippen LogP contribution in [0.15, 0.2) is 83.8 Å². The van der Waals surface area contributed by atoms with Crippen molar-refractivity contribution in [2.75, 3.05) is 5.75 Å². The standard InChI is InChI=1S/C27H29N3O5S2/c1-18(31)30-37(34,35)25-10-6-5-9-23(25)21-13-11-20(12-14-21)16-24(26(28)32)29-27(33)22(17-36)15-19-7-3-2-4-8-19/h2-14,22,24,36H,15-17H2,1H3,(H2,28,32)(H,29,33)(H,30,31)/t22-,24?/m1/s1. The largest absolute Gasteiger partial charge is 0.368 e. The Labute approximate surface area is 222 Å². The lowest BCUT2D eigenvalue weighted by atomic mass is 9.98. The van der Waals surface area contributed by atoms with E-state index in [1.807, 2.05) is 35.1 Å². The number of sulfonamides is 1. The average molecular weight is 540 g/mol. The SMILES string of the molecule is CC(=O)NS(=O)(=O)c1ccccc1-c1ccc(CC(NC(=O)[C@@H](CS)Cc2ccccc2)C(N)=O)cc1. The number of hydrogen-bond donors (Lipinski definition) is 4. The van der Waals surface area contributed by atoms with E-state index in [1.54, 1.807) is 42.5 Å². The quantitative estimate of drug-likeness (QED) is 0.278. The fourth-order valence-corrected chi connectivity index (χ4v) is 5.41. The first-order valence-electron chi connectivity index (χ1n) is 11.6. The van der Waals surface area contributed by atoms with Crippen LogP contribution >= 0.6 is 12.6 Å². The highest BCUT2D eigenvalue weighted by Gasteiger charge is 2.24. The molecule has 2 atom stereocenters. The van der Waals surface area contributed by atoms with Crippen molar-refractivity contribution in [3.63, 3.8) is 0 Å². The first-order chi connectivity index (χ1) is 17.6. The summed E-state index contributed by atoms with van der Waals surface area (Å²) < 4.78 is 27.2. The molecule has 10 heteroatoms. The maximum absolute atomic E-state index is 12.9. The fraction of sp³-hybridized carbons (Fsp3) is 0.222. The molecule has 0 spiro atoms. The van der Waals surface area contributed by atoms with Crippen LogP contribution in [0, 0.1) is 5.92 Å². The smallest absolute Gasteiger partial charge is 0.264 e. The number of benzene rings is 3. The molecule has 0 aromatic heterocycles. The van der Waals surface area contributed by atoms with Crippen LogP contribution in [0.5, 0.6) is 0 Å². The number of primary amides is 1. The molecule has 3 amide bonds. The molecule has 0 radical (unpaired) electrons. The van der Waals surface area contributed by atoms with Crippen molar-refractivity contribution in [2.24, 2.45) is 11.7 Å². The van der Waals surface area contributed by atoms with E-state index in [-0.39, 0.29) is 17.2 Å². The summed E-state index contributed by atoms with van der Waals surface area (Å²) in [5.74, 6) is -1.79. The summed E-state index contributed by atoms with van der Waals surface area (Å²) in [6, 6.07) is 21.8. The van der Waals surface area contributed by atoms with Crippen LogP contribution < -0.4 is 15.8 Å².